The highest BCUT2D eigenvalue weighted by molar-refractivity contribution is 7.93. The minimum atomic E-state index is -3.92. The number of hydrogen-bond acceptors (Lipinski definition) is 11. The van der Waals surface area contributed by atoms with Gasteiger partial charge in [-0.2, -0.15) is 10.2 Å². The fourth-order valence-corrected chi connectivity index (χ4v) is 8.04. The van der Waals surface area contributed by atoms with E-state index in [4.69, 9.17) is 27.9 Å². The summed E-state index contributed by atoms with van der Waals surface area (Å²) in [6.07, 6.45) is 8.33. The van der Waals surface area contributed by atoms with Crippen LogP contribution >= 0.6 is 23.2 Å². The summed E-state index contributed by atoms with van der Waals surface area (Å²) in [4.78, 5) is 34.1. The van der Waals surface area contributed by atoms with E-state index in [9.17, 15) is 26.4 Å². The molecule has 0 aliphatic rings. The SMILES string of the molecule is CCOC(=O)c1cnn(-c2ncc(Cl)cc2NS(=O)(=O)c2ccc(C(C)(C)C)cc2)c1.CN(C)C(=O)c1cnn(-c2ncc(Cl)cc2NS(=O)(=O)c2ccc(C(C)(C)C)cc2)c1. The van der Waals surface area contributed by atoms with Gasteiger partial charge < -0.3 is 9.64 Å². The van der Waals surface area contributed by atoms with Gasteiger partial charge in [-0.1, -0.05) is 89.0 Å². The molecular weight excluding hydrogens is 878 g/mol. The van der Waals surface area contributed by atoms with E-state index in [2.05, 4.69) is 50.4 Å². The highest BCUT2D eigenvalue weighted by Gasteiger charge is 2.23. The quantitative estimate of drug-likeness (QED) is 0.120. The number of carbonyl (C=O) groups excluding carboxylic acids is 2. The summed E-state index contributed by atoms with van der Waals surface area (Å²) >= 11 is 12.1. The molecule has 0 spiro atoms. The molecule has 4 aromatic heterocycles. The molecule has 0 radical (unpaired) electrons. The van der Waals surface area contributed by atoms with Crippen molar-refractivity contribution in [1.29, 1.82) is 0 Å². The number of halogens is 2. The fraction of sp³-hybridized carbons (Fsp3) is 0.286. The molecule has 62 heavy (non-hydrogen) atoms. The van der Waals surface area contributed by atoms with Crippen molar-refractivity contribution >= 4 is 66.5 Å². The van der Waals surface area contributed by atoms with E-state index in [0.29, 0.717) is 5.56 Å². The predicted molar refractivity (Wildman–Crippen MR) is 239 cm³/mol. The molecule has 0 bridgehead atoms. The van der Waals surface area contributed by atoms with Gasteiger partial charge in [0.25, 0.3) is 26.0 Å². The first-order chi connectivity index (χ1) is 28.9. The normalized spacial score (nSPS) is 11.9. The largest absolute Gasteiger partial charge is 0.462 e. The van der Waals surface area contributed by atoms with Gasteiger partial charge in [0.15, 0.2) is 11.6 Å². The molecular formula is C42H47Cl2N9O7S2. The molecule has 20 heteroatoms. The smallest absolute Gasteiger partial charge is 0.341 e. The van der Waals surface area contributed by atoms with Crippen LogP contribution in [0.3, 0.4) is 0 Å². The molecule has 0 aliphatic carbocycles. The number of ether oxygens (including phenoxy) is 1. The van der Waals surface area contributed by atoms with Crippen molar-refractivity contribution in [2.45, 2.75) is 69.1 Å². The second-order valence-electron chi connectivity index (χ2n) is 16.1. The molecule has 6 rings (SSSR count). The summed E-state index contributed by atoms with van der Waals surface area (Å²) < 4.78 is 64.5. The van der Waals surface area contributed by atoms with Crippen molar-refractivity contribution in [3.8, 4) is 11.6 Å². The van der Waals surface area contributed by atoms with Gasteiger partial charge in [0.05, 0.1) is 61.3 Å². The molecule has 0 saturated carbocycles. The second kappa shape index (κ2) is 18.7. The summed E-state index contributed by atoms with van der Waals surface area (Å²) in [5.41, 5.74) is 2.65. The third kappa shape index (κ3) is 11.5. The Morgan fingerprint density at radius 3 is 1.42 bits per heavy atom. The van der Waals surface area contributed by atoms with E-state index in [-0.39, 0.29) is 71.8 Å². The maximum Gasteiger partial charge on any atom is 0.341 e. The third-order valence-corrected chi connectivity index (χ3v) is 12.2. The van der Waals surface area contributed by atoms with Crippen molar-refractivity contribution in [3.63, 3.8) is 0 Å². The maximum atomic E-state index is 13.0. The van der Waals surface area contributed by atoms with E-state index in [1.807, 2.05) is 20.8 Å². The molecule has 0 unspecified atom stereocenters. The Hall–Kier alpha value is -5.82. The van der Waals surface area contributed by atoms with Crippen LogP contribution in [0.1, 0.15) is 80.3 Å². The monoisotopic (exact) mass is 923 g/mol. The van der Waals surface area contributed by atoms with Crippen molar-refractivity contribution in [2.24, 2.45) is 0 Å². The lowest BCUT2D eigenvalue weighted by Gasteiger charge is -2.19. The van der Waals surface area contributed by atoms with E-state index in [1.54, 1.807) is 69.6 Å². The Morgan fingerprint density at radius 2 is 1.05 bits per heavy atom. The number of pyridine rings is 2. The Labute approximate surface area is 371 Å². The highest BCUT2D eigenvalue weighted by atomic mass is 35.5. The average molecular weight is 925 g/mol. The molecule has 6 aromatic rings. The summed E-state index contributed by atoms with van der Waals surface area (Å²) in [5.74, 6) is -0.419. The Bertz CT molecular complexity index is 2800. The molecule has 0 aliphatic heterocycles. The zero-order valence-corrected chi connectivity index (χ0v) is 38.7. The van der Waals surface area contributed by atoms with Gasteiger partial charge in [0.1, 0.15) is 0 Å². The zero-order chi connectivity index (χ0) is 45.8. The van der Waals surface area contributed by atoms with Gasteiger partial charge in [-0.15, -0.1) is 0 Å². The number of nitrogens with one attached hydrogen (secondary N) is 2. The lowest BCUT2D eigenvalue weighted by Crippen LogP contribution is -2.21. The van der Waals surface area contributed by atoms with Crippen molar-refractivity contribution in [3.05, 3.63) is 130 Å². The molecule has 2 N–H and O–H groups in total. The lowest BCUT2D eigenvalue weighted by atomic mass is 9.87. The zero-order valence-electron chi connectivity index (χ0n) is 35.5. The van der Waals surface area contributed by atoms with Gasteiger partial charge in [0.2, 0.25) is 0 Å². The van der Waals surface area contributed by atoms with Gasteiger partial charge in [0, 0.05) is 38.9 Å². The van der Waals surface area contributed by atoms with E-state index in [1.165, 1.54) is 63.6 Å². The van der Waals surface area contributed by atoms with Crippen LogP contribution < -0.4 is 9.44 Å². The number of esters is 1. The van der Waals surface area contributed by atoms with Crippen LogP contribution in [0.5, 0.6) is 0 Å². The van der Waals surface area contributed by atoms with Crippen LogP contribution in [0.2, 0.25) is 10.0 Å². The first kappa shape index (κ1) is 47.2. The number of carbonyl (C=O) groups is 2. The van der Waals surface area contributed by atoms with Crippen molar-refractivity contribution in [1.82, 2.24) is 34.4 Å². The third-order valence-electron chi connectivity index (χ3n) is 8.98. The minimum absolute atomic E-state index is 0.0957. The molecule has 0 atom stereocenters. The van der Waals surface area contributed by atoms with Crippen LogP contribution in [-0.2, 0) is 35.6 Å². The van der Waals surface area contributed by atoms with Crippen LogP contribution in [0.15, 0.2) is 108 Å². The number of anilines is 2. The van der Waals surface area contributed by atoms with Crippen LogP contribution in [0.4, 0.5) is 11.4 Å². The van der Waals surface area contributed by atoms with Gasteiger partial charge >= 0.3 is 5.97 Å². The van der Waals surface area contributed by atoms with E-state index < -0.39 is 26.0 Å². The fourth-order valence-electron chi connectivity index (χ4n) is 5.62. The Kier molecular flexibility index (Phi) is 14.2. The summed E-state index contributed by atoms with van der Waals surface area (Å²) in [7, 11) is -4.57. The van der Waals surface area contributed by atoms with Crippen molar-refractivity contribution in [2.75, 3.05) is 30.1 Å². The second-order valence-corrected chi connectivity index (χ2v) is 20.3. The van der Waals surface area contributed by atoms with Gasteiger partial charge in [-0.05, 0) is 65.3 Å². The predicted octanol–water partition coefficient (Wildman–Crippen LogP) is 7.92. The maximum absolute atomic E-state index is 13.0. The molecule has 0 saturated heterocycles. The molecule has 2 aromatic carbocycles. The topological polar surface area (TPSA) is 200 Å². The molecule has 1 amide bonds. The van der Waals surface area contributed by atoms with Gasteiger partial charge in [-0.25, -0.2) is 41.0 Å². The number of sulfonamides is 2. The molecule has 328 valence electrons. The Morgan fingerprint density at radius 1 is 0.661 bits per heavy atom. The van der Waals surface area contributed by atoms with E-state index >= 15 is 0 Å². The van der Waals surface area contributed by atoms with Crippen LogP contribution in [0.25, 0.3) is 11.6 Å². The van der Waals surface area contributed by atoms with Crippen LogP contribution in [0, 0.1) is 0 Å². The lowest BCUT2D eigenvalue weighted by molar-refractivity contribution is 0.0526. The van der Waals surface area contributed by atoms with Crippen molar-refractivity contribution < 1.29 is 31.2 Å². The number of benzene rings is 2. The number of rotatable bonds is 11. The summed E-state index contributed by atoms with van der Waals surface area (Å²) in [5, 5.41) is 8.74. The minimum Gasteiger partial charge on any atom is -0.462 e. The molecule has 4 heterocycles. The van der Waals surface area contributed by atoms with Crippen LogP contribution in [-0.4, -0.2) is 83.8 Å². The first-order valence-electron chi connectivity index (χ1n) is 19.0. The first-order valence-corrected chi connectivity index (χ1v) is 22.7. The number of hydrogen-bond donors (Lipinski definition) is 2. The highest BCUT2D eigenvalue weighted by Crippen LogP contribution is 2.29. The Balaban J connectivity index is 0.000000234. The number of nitrogens with zero attached hydrogens (tertiary/aromatic N) is 7. The molecule has 0 fully saturated rings. The average Bonchev–Trinajstić information content (AvgIpc) is 3.89. The summed E-state index contributed by atoms with van der Waals surface area (Å²) in [6.45, 7) is 14.2. The standard InChI is InChI=1S/C21H24ClN5O3S.C21H23ClN4O4S/c1-21(2,3)15-6-8-17(9-7-15)31(29,30)25-18-10-16(22)12-23-19(18)27-13-14(11-24-27)20(28)26(4)5;1-5-30-20(27)14-11-24-26(13-14)19-18(10-16(22)12-23-19)25-31(28,29)17-8-6-15(7-9-17)21(2,3)4/h6-13,25H,1-5H3;6-13,25H,5H2,1-4H3. The number of aromatic nitrogens is 6. The summed E-state index contributed by atoms with van der Waals surface area (Å²) in [6, 6.07) is 16.2. The number of amides is 1. The van der Waals surface area contributed by atoms with Gasteiger partial charge in [-0.3, -0.25) is 14.2 Å². The molecule has 16 nitrogen and oxygen atoms in total. The van der Waals surface area contributed by atoms with E-state index in [0.717, 1.165) is 11.1 Å².